The number of benzene rings is 3. The van der Waals surface area contributed by atoms with Crippen molar-refractivity contribution in [3.05, 3.63) is 83.9 Å². The molecule has 0 aromatic heterocycles. The van der Waals surface area contributed by atoms with Crippen LogP contribution in [-0.4, -0.2) is 19.1 Å². The molecule has 4 rings (SSSR count). The molecule has 0 bridgehead atoms. The standard InChI is InChI=1S/C24H23NO3S/c26-24(13-9-18-8-12-22-23(16-18)28-15-14-27-22)25-20-10-6-19(7-11-20)17-29-21-4-2-1-3-5-21/h1-8,10-12,16H,9,13-15,17H2,(H,25,26). The largest absolute Gasteiger partial charge is 0.486 e. The first-order chi connectivity index (χ1) is 14.3. The van der Waals surface area contributed by atoms with E-state index in [0.717, 1.165) is 28.5 Å². The molecule has 3 aromatic rings. The van der Waals surface area contributed by atoms with E-state index in [4.69, 9.17) is 9.47 Å². The Kier molecular flexibility index (Phi) is 6.37. The summed E-state index contributed by atoms with van der Waals surface area (Å²) in [6, 6.07) is 24.2. The van der Waals surface area contributed by atoms with Crippen LogP contribution in [0.25, 0.3) is 0 Å². The van der Waals surface area contributed by atoms with Gasteiger partial charge in [0, 0.05) is 22.8 Å². The fraction of sp³-hybridized carbons (Fsp3) is 0.208. The molecule has 4 nitrogen and oxygen atoms in total. The van der Waals surface area contributed by atoms with Crippen LogP contribution in [0.4, 0.5) is 5.69 Å². The Balaban J connectivity index is 1.25. The average molecular weight is 406 g/mol. The molecular formula is C24H23NO3S. The van der Waals surface area contributed by atoms with E-state index in [-0.39, 0.29) is 5.91 Å². The Morgan fingerprint density at radius 1 is 0.862 bits per heavy atom. The maximum absolute atomic E-state index is 12.3. The fourth-order valence-corrected chi connectivity index (χ4v) is 3.97. The first kappa shape index (κ1) is 19.4. The zero-order chi connectivity index (χ0) is 19.9. The lowest BCUT2D eigenvalue weighted by atomic mass is 10.1. The summed E-state index contributed by atoms with van der Waals surface area (Å²) >= 11 is 1.80. The molecule has 1 N–H and O–H groups in total. The van der Waals surface area contributed by atoms with Gasteiger partial charge in [-0.05, 0) is 53.9 Å². The van der Waals surface area contributed by atoms with Crippen LogP contribution in [-0.2, 0) is 17.0 Å². The van der Waals surface area contributed by atoms with Crippen LogP contribution in [0.5, 0.6) is 11.5 Å². The van der Waals surface area contributed by atoms with Gasteiger partial charge in [-0.2, -0.15) is 0 Å². The molecule has 3 aromatic carbocycles. The lowest BCUT2D eigenvalue weighted by Crippen LogP contribution is -2.15. The van der Waals surface area contributed by atoms with Gasteiger partial charge in [-0.1, -0.05) is 36.4 Å². The van der Waals surface area contributed by atoms with E-state index >= 15 is 0 Å². The van der Waals surface area contributed by atoms with E-state index in [0.29, 0.717) is 26.1 Å². The second kappa shape index (κ2) is 9.52. The molecule has 29 heavy (non-hydrogen) atoms. The quantitative estimate of drug-likeness (QED) is 0.540. The summed E-state index contributed by atoms with van der Waals surface area (Å²) in [5, 5.41) is 2.97. The number of fused-ring (bicyclic) bond motifs is 1. The van der Waals surface area contributed by atoms with Crippen LogP contribution in [0.15, 0.2) is 77.7 Å². The summed E-state index contributed by atoms with van der Waals surface area (Å²) in [5.74, 6) is 2.45. The Morgan fingerprint density at radius 2 is 1.59 bits per heavy atom. The summed E-state index contributed by atoms with van der Waals surface area (Å²) in [6.45, 7) is 1.15. The van der Waals surface area contributed by atoms with Gasteiger partial charge in [-0.3, -0.25) is 4.79 Å². The monoisotopic (exact) mass is 405 g/mol. The van der Waals surface area contributed by atoms with E-state index in [1.807, 2.05) is 48.5 Å². The Hall–Kier alpha value is -2.92. The molecule has 0 unspecified atom stereocenters. The van der Waals surface area contributed by atoms with E-state index in [1.54, 1.807) is 11.8 Å². The summed E-state index contributed by atoms with van der Waals surface area (Å²) in [6.07, 6.45) is 1.08. The molecule has 0 aliphatic carbocycles. The van der Waals surface area contributed by atoms with Crippen LogP contribution in [0.2, 0.25) is 0 Å². The lowest BCUT2D eigenvalue weighted by Gasteiger charge is -2.18. The zero-order valence-electron chi connectivity index (χ0n) is 16.1. The third-order valence-electron chi connectivity index (χ3n) is 4.63. The van der Waals surface area contributed by atoms with E-state index < -0.39 is 0 Å². The number of anilines is 1. The Morgan fingerprint density at radius 3 is 2.38 bits per heavy atom. The third kappa shape index (κ3) is 5.55. The maximum Gasteiger partial charge on any atom is 0.224 e. The van der Waals surface area contributed by atoms with Crippen LogP contribution < -0.4 is 14.8 Å². The number of thioether (sulfide) groups is 1. The summed E-state index contributed by atoms with van der Waals surface area (Å²) in [5.41, 5.74) is 3.12. The van der Waals surface area contributed by atoms with E-state index in [2.05, 4.69) is 29.6 Å². The molecule has 0 atom stereocenters. The minimum absolute atomic E-state index is 0.00583. The van der Waals surface area contributed by atoms with Gasteiger partial charge in [0.1, 0.15) is 13.2 Å². The van der Waals surface area contributed by atoms with Crippen molar-refractivity contribution in [2.75, 3.05) is 18.5 Å². The number of amides is 1. The highest BCUT2D eigenvalue weighted by atomic mass is 32.2. The molecule has 1 heterocycles. The van der Waals surface area contributed by atoms with Crippen LogP contribution in [0.3, 0.4) is 0 Å². The van der Waals surface area contributed by atoms with Gasteiger partial charge in [0.2, 0.25) is 5.91 Å². The first-order valence-electron chi connectivity index (χ1n) is 9.71. The van der Waals surface area contributed by atoms with Gasteiger partial charge in [0.15, 0.2) is 11.5 Å². The van der Waals surface area contributed by atoms with Gasteiger partial charge >= 0.3 is 0 Å². The number of carbonyl (C=O) groups is 1. The van der Waals surface area contributed by atoms with Gasteiger partial charge in [0.05, 0.1) is 0 Å². The zero-order valence-corrected chi connectivity index (χ0v) is 16.9. The molecule has 148 valence electrons. The fourth-order valence-electron chi connectivity index (χ4n) is 3.09. The van der Waals surface area contributed by atoms with Crippen molar-refractivity contribution in [2.24, 2.45) is 0 Å². The topological polar surface area (TPSA) is 47.6 Å². The predicted octanol–water partition coefficient (Wildman–Crippen LogP) is 5.32. The number of hydrogen-bond acceptors (Lipinski definition) is 4. The molecule has 0 fully saturated rings. The molecule has 0 saturated heterocycles. The van der Waals surface area contributed by atoms with Crippen molar-refractivity contribution in [2.45, 2.75) is 23.5 Å². The van der Waals surface area contributed by atoms with Crippen LogP contribution >= 0.6 is 11.8 Å². The molecule has 1 amide bonds. The molecular weight excluding hydrogens is 382 g/mol. The smallest absolute Gasteiger partial charge is 0.224 e. The van der Waals surface area contributed by atoms with Gasteiger partial charge < -0.3 is 14.8 Å². The van der Waals surface area contributed by atoms with E-state index in [1.165, 1.54) is 10.5 Å². The summed E-state index contributed by atoms with van der Waals surface area (Å²) in [4.78, 5) is 13.6. The highest BCUT2D eigenvalue weighted by Gasteiger charge is 2.12. The number of rotatable bonds is 7. The summed E-state index contributed by atoms with van der Waals surface area (Å²) in [7, 11) is 0. The summed E-state index contributed by atoms with van der Waals surface area (Å²) < 4.78 is 11.1. The van der Waals surface area contributed by atoms with Gasteiger partial charge in [-0.15, -0.1) is 11.8 Å². The van der Waals surface area contributed by atoms with Crippen LogP contribution in [0, 0.1) is 0 Å². The normalized spacial score (nSPS) is 12.4. The minimum atomic E-state index is 0.00583. The number of nitrogens with one attached hydrogen (secondary N) is 1. The highest BCUT2D eigenvalue weighted by molar-refractivity contribution is 7.98. The molecule has 0 saturated carbocycles. The first-order valence-corrected chi connectivity index (χ1v) is 10.7. The van der Waals surface area contributed by atoms with Crippen molar-refractivity contribution >= 4 is 23.4 Å². The predicted molar refractivity (Wildman–Crippen MR) is 117 cm³/mol. The maximum atomic E-state index is 12.3. The number of carbonyl (C=O) groups excluding carboxylic acids is 1. The van der Waals surface area contributed by atoms with E-state index in [9.17, 15) is 4.79 Å². The second-order valence-electron chi connectivity index (χ2n) is 6.82. The Bertz CT molecular complexity index is 958. The molecule has 5 heteroatoms. The van der Waals surface area contributed by atoms with Crippen molar-refractivity contribution in [3.63, 3.8) is 0 Å². The van der Waals surface area contributed by atoms with Gasteiger partial charge in [-0.25, -0.2) is 0 Å². The molecule has 1 aliphatic rings. The minimum Gasteiger partial charge on any atom is -0.486 e. The van der Waals surface area contributed by atoms with Crippen molar-refractivity contribution in [1.82, 2.24) is 0 Å². The van der Waals surface area contributed by atoms with Crippen LogP contribution in [0.1, 0.15) is 17.5 Å². The van der Waals surface area contributed by atoms with Crippen molar-refractivity contribution < 1.29 is 14.3 Å². The number of ether oxygens (including phenoxy) is 2. The molecule has 0 spiro atoms. The molecule has 1 aliphatic heterocycles. The SMILES string of the molecule is O=C(CCc1ccc2c(c1)OCCO2)Nc1ccc(CSc2ccccc2)cc1. The lowest BCUT2D eigenvalue weighted by molar-refractivity contribution is -0.116. The third-order valence-corrected chi connectivity index (χ3v) is 5.72. The average Bonchev–Trinajstić information content (AvgIpc) is 2.78. The highest BCUT2D eigenvalue weighted by Crippen LogP contribution is 2.31. The molecule has 0 radical (unpaired) electrons. The Labute approximate surface area is 175 Å². The number of aryl methyl sites for hydroxylation is 1. The second-order valence-corrected chi connectivity index (χ2v) is 7.87. The van der Waals surface area contributed by atoms with Gasteiger partial charge in [0.25, 0.3) is 0 Å². The van der Waals surface area contributed by atoms with Crippen molar-refractivity contribution in [1.29, 1.82) is 0 Å². The number of hydrogen-bond donors (Lipinski definition) is 1. The van der Waals surface area contributed by atoms with Crippen molar-refractivity contribution in [3.8, 4) is 11.5 Å².